The zero-order valence-corrected chi connectivity index (χ0v) is 15.2. The van der Waals surface area contributed by atoms with Crippen LogP contribution in [0.1, 0.15) is 35.3 Å². The number of nitrogens with zero attached hydrogens (tertiary/aromatic N) is 1. The van der Waals surface area contributed by atoms with Crippen LogP contribution in [0.3, 0.4) is 0 Å². The van der Waals surface area contributed by atoms with Crippen LogP contribution in [0.2, 0.25) is 0 Å². The number of hydrogen-bond donors (Lipinski definition) is 2. The first-order valence-corrected chi connectivity index (χ1v) is 8.55. The van der Waals surface area contributed by atoms with Gasteiger partial charge in [0.15, 0.2) is 0 Å². The maximum absolute atomic E-state index is 12.6. The largest absolute Gasteiger partial charge is 0.340 e. The van der Waals surface area contributed by atoms with Gasteiger partial charge in [-0.2, -0.15) is 5.26 Å². The van der Waals surface area contributed by atoms with Gasteiger partial charge < -0.3 is 10.6 Å². The van der Waals surface area contributed by atoms with E-state index < -0.39 is 6.04 Å². The molecule has 134 valence electrons. The van der Waals surface area contributed by atoms with Gasteiger partial charge in [0.25, 0.3) is 5.91 Å². The minimum Gasteiger partial charge on any atom is -0.340 e. The third kappa shape index (κ3) is 4.93. The summed E-state index contributed by atoms with van der Waals surface area (Å²) in [7, 11) is 0. The van der Waals surface area contributed by atoms with Crippen molar-refractivity contribution in [3.63, 3.8) is 0 Å². The molecular weight excluding hydrogens is 326 g/mol. The second-order valence-electron chi connectivity index (χ2n) is 6.53. The lowest BCUT2D eigenvalue weighted by molar-refractivity contribution is -0.118. The molecule has 0 saturated carbocycles. The molecule has 0 unspecified atom stereocenters. The van der Waals surface area contributed by atoms with Crippen LogP contribution in [-0.2, 0) is 11.2 Å². The maximum atomic E-state index is 12.6. The maximum Gasteiger partial charge on any atom is 0.252 e. The van der Waals surface area contributed by atoms with Gasteiger partial charge >= 0.3 is 0 Å². The highest BCUT2D eigenvalue weighted by Gasteiger charge is 2.25. The van der Waals surface area contributed by atoms with Crippen LogP contribution in [0.4, 0.5) is 5.69 Å². The van der Waals surface area contributed by atoms with Crippen LogP contribution in [0.15, 0.2) is 48.5 Å². The van der Waals surface area contributed by atoms with Gasteiger partial charge in [-0.25, -0.2) is 0 Å². The van der Waals surface area contributed by atoms with E-state index in [1.165, 1.54) is 0 Å². The SMILES string of the molecule is Cc1ccccc1C(=O)N[C@H](C(=O)Nc1ccc(CC#N)cc1)C(C)C. The topological polar surface area (TPSA) is 82.0 Å². The van der Waals surface area contributed by atoms with Gasteiger partial charge in [-0.15, -0.1) is 0 Å². The smallest absolute Gasteiger partial charge is 0.252 e. The molecule has 0 spiro atoms. The fraction of sp³-hybridized carbons (Fsp3) is 0.286. The second-order valence-corrected chi connectivity index (χ2v) is 6.53. The van der Waals surface area contributed by atoms with Crippen LogP contribution in [0, 0.1) is 24.2 Å². The third-order valence-corrected chi connectivity index (χ3v) is 4.13. The van der Waals surface area contributed by atoms with E-state index in [-0.39, 0.29) is 17.7 Å². The van der Waals surface area contributed by atoms with E-state index in [0.717, 1.165) is 11.1 Å². The quantitative estimate of drug-likeness (QED) is 0.838. The molecule has 2 rings (SSSR count). The highest BCUT2D eigenvalue weighted by Crippen LogP contribution is 2.13. The molecule has 0 saturated heterocycles. The molecule has 0 radical (unpaired) electrons. The first kappa shape index (κ1) is 19.2. The van der Waals surface area contributed by atoms with Crippen molar-refractivity contribution in [1.82, 2.24) is 5.32 Å². The second kappa shape index (κ2) is 8.82. The molecule has 1 atom stereocenters. The number of aryl methyl sites for hydroxylation is 1. The van der Waals surface area contributed by atoms with E-state index >= 15 is 0 Å². The van der Waals surface area contributed by atoms with E-state index in [9.17, 15) is 9.59 Å². The van der Waals surface area contributed by atoms with Crippen LogP contribution < -0.4 is 10.6 Å². The fourth-order valence-electron chi connectivity index (χ4n) is 2.60. The monoisotopic (exact) mass is 349 g/mol. The van der Waals surface area contributed by atoms with Crippen LogP contribution in [0.5, 0.6) is 0 Å². The average molecular weight is 349 g/mol. The predicted molar refractivity (Wildman–Crippen MR) is 102 cm³/mol. The summed E-state index contributed by atoms with van der Waals surface area (Å²) < 4.78 is 0. The highest BCUT2D eigenvalue weighted by atomic mass is 16.2. The van der Waals surface area contributed by atoms with Gasteiger partial charge in [-0.3, -0.25) is 9.59 Å². The molecule has 0 aromatic heterocycles. The van der Waals surface area contributed by atoms with Crippen molar-refractivity contribution in [3.05, 3.63) is 65.2 Å². The molecule has 5 heteroatoms. The summed E-state index contributed by atoms with van der Waals surface area (Å²) in [5.41, 5.74) is 2.94. The lowest BCUT2D eigenvalue weighted by Crippen LogP contribution is -2.47. The number of benzene rings is 2. The van der Waals surface area contributed by atoms with E-state index in [4.69, 9.17) is 5.26 Å². The fourth-order valence-corrected chi connectivity index (χ4v) is 2.60. The molecule has 0 fully saturated rings. The van der Waals surface area contributed by atoms with Gasteiger partial charge in [-0.05, 0) is 42.2 Å². The molecule has 0 bridgehead atoms. The molecule has 2 amide bonds. The molecule has 0 heterocycles. The Balaban J connectivity index is 2.09. The molecular formula is C21H23N3O2. The molecule has 2 aromatic rings. The zero-order chi connectivity index (χ0) is 19.1. The summed E-state index contributed by atoms with van der Waals surface area (Å²) in [6.45, 7) is 5.64. The third-order valence-electron chi connectivity index (χ3n) is 4.13. The Labute approximate surface area is 154 Å². The summed E-state index contributed by atoms with van der Waals surface area (Å²) in [4.78, 5) is 25.2. The number of nitriles is 1. The number of carbonyl (C=O) groups excluding carboxylic acids is 2. The Hall–Kier alpha value is -3.13. The lowest BCUT2D eigenvalue weighted by Gasteiger charge is -2.22. The van der Waals surface area contributed by atoms with Gasteiger partial charge in [-0.1, -0.05) is 44.2 Å². The van der Waals surface area contributed by atoms with Gasteiger partial charge in [0.05, 0.1) is 12.5 Å². The molecule has 0 aliphatic carbocycles. The first-order valence-electron chi connectivity index (χ1n) is 8.55. The van der Waals surface area contributed by atoms with Crippen molar-refractivity contribution in [1.29, 1.82) is 5.26 Å². The number of amides is 2. The van der Waals surface area contributed by atoms with Crippen LogP contribution in [0.25, 0.3) is 0 Å². The summed E-state index contributed by atoms with van der Waals surface area (Å²) >= 11 is 0. The number of anilines is 1. The van der Waals surface area contributed by atoms with Crippen molar-refractivity contribution >= 4 is 17.5 Å². The van der Waals surface area contributed by atoms with Crippen molar-refractivity contribution in [3.8, 4) is 6.07 Å². The molecule has 0 aliphatic heterocycles. The van der Waals surface area contributed by atoms with E-state index in [2.05, 4.69) is 16.7 Å². The molecule has 26 heavy (non-hydrogen) atoms. The van der Waals surface area contributed by atoms with Gasteiger partial charge in [0.1, 0.15) is 6.04 Å². The van der Waals surface area contributed by atoms with Crippen molar-refractivity contribution in [2.24, 2.45) is 5.92 Å². The summed E-state index contributed by atoms with van der Waals surface area (Å²) in [5, 5.41) is 14.4. The minimum atomic E-state index is -0.652. The van der Waals surface area contributed by atoms with Gasteiger partial charge in [0.2, 0.25) is 5.91 Å². The van der Waals surface area contributed by atoms with Crippen molar-refractivity contribution < 1.29 is 9.59 Å². The Morgan fingerprint density at radius 1 is 1.08 bits per heavy atom. The molecule has 5 nitrogen and oxygen atoms in total. The van der Waals surface area contributed by atoms with Crippen molar-refractivity contribution in [2.75, 3.05) is 5.32 Å². The van der Waals surface area contributed by atoms with E-state index in [1.807, 2.05) is 32.9 Å². The van der Waals surface area contributed by atoms with E-state index in [1.54, 1.807) is 36.4 Å². The van der Waals surface area contributed by atoms with Crippen molar-refractivity contribution in [2.45, 2.75) is 33.2 Å². The number of hydrogen-bond acceptors (Lipinski definition) is 3. The number of carbonyl (C=O) groups is 2. The lowest BCUT2D eigenvalue weighted by atomic mass is 10.0. The normalized spacial score (nSPS) is 11.5. The standard InChI is InChI=1S/C21H23N3O2/c1-14(2)19(24-20(25)18-7-5-4-6-15(18)3)21(26)23-17-10-8-16(9-11-17)12-13-22/h4-11,14,19H,12H2,1-3H3,(H,23,26)(H,24,25)/t19-/m0/s1. The Morgan fingerprint density at radius 3 is 2.31 bits per heavy atom. The molecule has 2 aromatic carbocycles. The summed E-state index contributed by atoms with van der Waals surface area (Å²) in [5.74, 6) is -0.600. The molecule has 2 N–H and O–H groups in total. The Bertz CT molecular complexity index is 820. The number of nitrogens with one attached hydrogen (secondary N) is 2. The Morgan fingerprint density at radius 2 is 1.73 bits per heavy atom. The average Bonchev–Trinajstić information content (AvgIpc) is 2.61. The Kier molecular flexibility index (Phi) is 6.51. The first-order chi connectivity index (χ1) is 12.4. The van der Waals surface area contributed by atoms with Crippen LogP contribution in [-0.4, -0.2) is 17.9 Å². The zero-order valence-electron chi connectivity index (χ0n) is 15.2. The van der Waals surface area contributed by atoms with Gasteiger partial charge in [0, 0.05) is 11.3 Å². The minimum absolute atomic E-state index is 0.0687. The van der Waals surface area contributed by atoms with E-state index in [0.29, 0.717) is 17.7 Å². The van der Waals surface area contributed by atoms with Crippen LogP contribution >= 0.6 is 0 Å². The predicted octanol–water partition coefficient (Wildman–Crippen LogP) is 3.45. The summed E-state index contributed by atoms with van der Waals surface area (Å²) in [6, 6.07) is 15.8. The molecule has 0 aliphatic rings. The number of rotatable bonds is 6. The highest BCUT2D eigenvalue weighted by molar-refractivity contribution is 6.01. The summed E-state index contributed by atoms with van der Waals surface area (Å²) in [6.07, 6.45) is 0.329.